The summed E-state index contributed by atoms with van der Waals surface area (Å²) in [5, 5.41) is 21.3. The Balaban J connectivity index is 1.29. The summed E-state index contributed by atoms with van der Waals surface area (Å²) in [7, 11) is 1.63. The van der Waals surface area contributed by atoms with Gasteiger partial charge in [-0.25, -0.2) is 15.0 Å². The molecule has 5 rings (SSSR count). The van der Waals surface area contributed by atoms with Crippen molar-refractivity contribution in [3.63, 3.8) is 0 Å². The average Bonchev–Trinajstić information content (AvgIpc) is 3.44. The Bertz CT molecular complexity index is 1270. The van der Waals surface area contributed by atoms with Gasteiger partial charge >= 0.3 is 0 Å². The van der Waals surface area contributed by atoms with E-state index < -0.39 is 24.5 Å². The summed E-state index contributed by atoms with van der Waals surface area (Å²) in [4.78, 5) is 12.3. The monoisotopic (exact) mass is 477 g/mol. The topological polar surface area (TPSA) is 138 Å². The number of aliphatic hydroxyl groups excluding tert-OH is 2. The van der Waals surface area contributed by atoms with Crippen LogP contribution < -0.4 is 10.5 Å². The standard InChI is InChI=1S/C25H27N5O5/c1-33-17-9-7-16(8-10-17)18(15-5-3-2-4-6-15)11-34-12-19-21(31)22(32)25(35-19)30-14-29-20-23(26)27-13-28-24(20)30/h2-10,13-14,18-19,21-22,25,31-32H,11-12H2,1H3,(H2,26,27,28)/t18?,19-,21-,22-,25-/m1/s1. The molecule has 2 aromatic carbocycles. The van der Waals surface area contributed by atoms with E-state index in [-0.39, 0.29) is 18.3 Å². The first-order valence-corrected chi connectivity index (χ1v) is 11.3. The first-order valence-electron chi connectivity index (χ1n) is 11.3. The van der Waals surface area contributed by atoms with Crippen molar-refractivity contribution in [3.8, 4) is 5.75 Å². The van der Waals surface area contributed by atoms with Gasteiger partial charge < -0.3 is 30.2 Å². The number of fused-ring (bicyclic) bond motifs is 1. The van der Waals surface area contributed by atoms with Gasteiger partial charge in [-0.3, -0.25) is 4.57 Å². The minimum atomic E-state index is -1.19. The summed E-state index contributed by atoms with van der Waals surface area (Å²) < 4.78 is 18.8. The van der Waals surface area contributed by atoms with Crippen molar-refractivity contribution in [3.05, 3.63) is 78.4 Å². The second kappa shape index (κ2) is 9.96. The van der Waals surface area contributed by atoms with Gasteiger partial charge in [0.1, 0.15) is 35.9 Å². The third-order valence-electron chi connectivity index (χ3n) is 6.29. The SMILES string of the molecule is COc1ccc(C(COC[C@H]2O[C@@H](n3cnc4c(N)ncnc43)[C@H](O)[C@@H]2O)c2ccccc2)cc1. The normalized spacial score (nSPS) is 22.9. The van der Waals surface area contributed by atoms with Crippen molar-refractivity contribution in [1.29, 1.82) is 0 Å². The molecule has 0 bridgehead atoms. The van der Waals surface area contributed by atoms with Crippen LogP contribution >= 0.6 is 0 Å². The number of nitrogens with two attached hydrogens (primary N) is 1. The molecular formula is C25H27N5O5. The molecule has 0 radical (unpaired) electrons. The van der Waals surface area contributed by atoms with Gasteiger partial charge in [-0.1, -0.05) is 42.5 Å². The van der Waals surface area contributed by atoms with Gasteiger partial charge in [0.15, 0.2) is 17.7 Å². The number of rotatable bonds is 8. The fourth-order valence-electron chi connectivity index (χ4n) is 4.36. The fraction of sp³-hybridized carbons (Fsp3) is 0.320. The molecule has 0 spiro atoms. The molecule has 3 heterocycles. The Morgan fingerprint density at radius 2 is 1.74 bits per heavy atom. The predicted molar refractivity (Wildman–Crippen MR) is 128 cm³/mol. The maximum absolute atomic E-state index is 10.7. The Labute approximate surface area is 201 Å². The molecule has 35 heavy (non-hydrogen) atoms. The molecule has 0 saturated carbocycles. The molecule has 1 fully saturated rings. The third kappa shape index (κ3) is 4.56. The molecule has 5 atom stereocenters. The number of hydrogen-bond acceptors (Lipinski definition) is 9. The number of nitrogens with zero attached hydrogens (tertiary/aromatic N) is 4. The number of hydrogen-bond donors (Lipinski definition) is 3. The molecule has 1 saturated heterocycles. The van der Waals surface area contributed by atoms with Crippen LogP contribution in [0.5, 0.6) is 5.75 Å². The highest BCUT2D eigenvalue weighted by Crippen LogP contribution is 2.33. The Hall–Kier alpha value is -3.57. The number of nitrogen functional groups attached to an aromatic ring is 1. The van der Waals surface area contributed by atoms with E-state index in [1.165, 1.54) is 12.7 Å². The van der Waals surface area contributed by atoms with E-state index in [4.69, 9.17) is 19.9 Å². The van der Waals surface area contributed by atoms with E-state index in [1.807, 2.05) is 42.5 Å². The molecule has 0 aliphatic carbocycles. The maximum Gasteiger partial charge on any atom is 0.167 e. The summed E-state index contributed by atoms with van der Waals surface area (Å²) in [5.41, 5.74) is 8.85. The highest BCUT2D eigenvalue weighted by molar-refractivity contribution is 5.81. The highest BCUT2D eigenvalue weighted by Gasteiger charge is 2.44. The molecule has 2 aromatic heterocycles. The first-order chi connectivity index (χ1) is 17.1. The zero-order valence-corrected chi connectivity index (χ0v) is 19.1. The zero-order chi connectivity index (χ0) is 24.4. The lowest BCUT2D eigenvalue weighted by Crippen LogP contribution is -2.34. The van der Waals surface area contributed by atoms with Crippen LogP contribution in [0.1, 0.15) is 23.3 Å². The number of benzene rings is 2. The summed E-state index contributed by atoms with van der Waals surface area (Å²) in [6.07, 6.45) is -1.18. The summed E-state index contributed by atoms with van der Waals surface area (Å²) in [6.45, 7) is 0.458. The molecule has 1 unspecified atom stereocenters. The van der Waals surface area contributed by atoms with Gasteiger partial charge in [-0.2, -0.15) is 0 Å². The average molecular weight is 478 g/mol. The van der Waals surface area contributed by atoms with Gasteiger partial charge in [-0.15, -0.1) is 0 Å². The Morgan fingerprint density at radius 1 is 1.00 bits per heavy atom. The van der Waals surface area contributed by atoms with Crippen LogP contribution in [0.15, 0.2) is 67.3 Å². The molecule has 182 valence electrons. The van der Waals surface area contributed by atoms with Gasteiger partial charge in [-0.05, 0) is 23.3 Å². The van der Waals surface area contributed by atoms with Crippen molar-refractivity contribution in [2.75, 3.05) is 26.1 Å². The van der Waals surface area contributed by atoms with Crippen molar-refractivity contribution in [2.24, 2.45) is 0 Å². The smallest absolute Gasteiger partial charge is 0.167 e. The van der Waals surface area contributed by atoms with E-state index >= 15 is 0 Å². The molecule has 0 amide bonds. The molecule has 4 aromatic rings. The number of aliphatic hydroxyl groups is 2. The van der Waals surface area contributed by atoms with Gasteiger partial charge in [0.2, 0.25) is 0 Å². The summed E-state index contributed by atoms with van der Waals surface area (Å²) in [6, 6.07) is 17.9. The predicted octanol–water partition coefficient (Wildman–Crippen LogP) is 1.88. The maximum atomic E-state index is 10.7. The minimum absolute atomic E-state index is 0.0290. The molecule has 1 aliphatic rings. The Morgan fingerprint density at radius 3 is 2.49 bits per heavy atom. The highest BCUT2D eigenvalue weighted by atomic mass is 16.6. The van der Waals surface area contributed by atoms with Crippen molar-refractivity contribution >= 4 is 17.0 Å². The lowest BCUT2D eigenvalue weighted by atomic mass is 9.92. The summed E-state index contributed by atoms with van der Waals surface area (Å²) >= 11 is 0. The number of aromatic nitrogens is 4. The molecular weight excluding hydrogens is 450 g/mol. The first kappa shape index (κ1) is 23.2. The number of imidazole rings is 1. The van der Waals surface area contributed by atoms with Crippen LogP contribution in [0.4, 0.5) is 5.82 Å². The second-order valence-corrected chi connectivity index (χ2v) is 8.40. The quantitative estimate of drug-likeness (QED) is 0.347. The van der Waals surface area contributed by atoms with Crippen LogP contribution in [-0.2, 0) is 9.47 Å². The van der Waals surface area contributed by atoms with Gasteiger partial charge in [0.25, 0.3) is 0 Å². The van der Waals surface area contributed by atoms with Gasteiger partial charge in [0.05, 0.1) is 26.7 Å². The Kier molecular flexibility index (Phi) is 6.60. The fourth-order valence-corrected chi connectivity index (χ4v) is 4.36. The molecule has 1 aliphatic heterocycles. The minimum Gasteiger partial charge on any atom is -0.497 e. The van der Waals surface area contributed by atoms with Crippen LogP contribution in [0.3, 0.4) is 0 Å². The largest absolute Gasteiger partial charge is 0.497 e. The van der Waals surface area contributed by atoms with Crippen LogP contribution in [-0.4, -0.2) is 68.4 Å². The third-order valence-corrected chi connectivity index (χ3v) is 6.29. The van der Waals surface area contributed by atoms with Gasteiger partial charge in [0, 0.05) is 5.92 Å². The number of ether oxygens (including phenoxy) is 3. The zero-order valence-electron chi connectivity index (χ0n) is 19.1. The van der Waals surface area contributed by atoms with Crippen LogP contribution in [0.2, 0.25) is 0 Å². The van der Waals surface area contributed by atoms with Crippen molar-refractivity contribution in [2.45, 2.75) is 30.5 Å². The van der Waals surface area contributed by atoms with Crippen LogP contribution in [0, 0.1) is 0 Å². The second-order valence-electron chi connectivity index (χ2n) is 8.40. The molecule has 4 N–H and O–H groups in total. The molecule has 10 nitrogen and oxygen atoms in total. The molecule has 10 heteroatoms. The van der Waals surface area contributed by atoms with E-state index in [9.17, 15) is 10.2 Å². The van der Waals surface area contributed by atoms with Crippen molar-refractivity contribution in [1.82, 2.24) is 19.5 Å². The van der Waals surface area contributed by atoms with E-state index in [2.05, 4.69) is 27.1 Å². The van der Waals surface area contributed by atoms with Crippen LogP contribution in [0.25, 0.3) is 11.2 Å². The number of methoxy groups -OCH3 is 1. The lowest BCUT2D eigenvalue weighted by molar-refractivity contribution is -0.0661. The van der Waals surface area contributed by atoms with E-state index in [0.29, 0.717) is 17.8 Å². The number of anilines is 1. The van der Waals surface area contributed by atoms with E-state index in [0.717, 1.165) is 16.9 Å². The summed E-state index contributed by atoms with van der Waals surface area (Å²) in [5.74, 6) is 0.980. The van der Waals surface area contributed by atoms with Crippen molar-refractivity contribution < 1.29 is 24.4 Å². The van der Waals surface area contributed by atoms with E-state index in [1.54, 1.807) is 11.7 Å². The lowest BCUT2D eigenvalue weighted by Gasteiger charge is -2.21.